The molecule has 4 aromatic rings. The van der Waals surface area contributed by atoms with Crippen LogP contribution in [0.2, 0.25) is 0 Å². The summed E-state index contributed by atoms with van der Waals surface area (Å²) in [5.74, 6) is 2.85. The number of rotatable bonds is 5. The van der Waals surface area contributed by atoms with Gasteiger partial charge in [-0.05, 0) is 55.2 Å². The molecule has 1 aliphatic carbocycles. The molecule has 6 rings (SSSR count). The SMILES string of the molecule is COc1cccc(-c2nc(C3(C)CCN(c4ncnc5c4C=C(c4ccc(C#N)nc4)C5)CC3)[nH]c2C)c1. The third-order valence-corrected chi connectivity index (χ3v) is 7.84. The molecule has 4 heterocycles. The molecule has 0 amide bonds. The Kier molecular flexibility index (Phi) is 5.91. The molecule has 8 heteroatoms. The highest BCUT2D eigenvalue weighted by Crippen LogP contribution is 2.40. The second-order valence-electron chi connectivity index (χ2n) is 10.3. The Morgan fingerprint density at radius 2 is 1.92 bits per heavy atom. The lowest BCUT2D eigenvalue weighted by Crippen LogP contribution is -2.42. The number of aromatic nitrogens is 5. The van der Waals surface area contributed by atoms with E-state index in [1.165, 1.54) is 0 Å². The molecule has 1 N–H and O–H groups in total. The minimum atomic E-state index is -0.0518. The van der Waals surface area contributed by atoms with E-state index < -0.39 is 0 Å². The van der Waals surface area contributed by atoms with Gasteiger partial charge >= 0.3 is 0 Å². The van der Waals surface area contributed by atoms with Crippen LogP contribution in [0.15, 0.2) is 48.9 Å². The van der Waals surface area contributed by atoms with Crippen molar-refractivity contribution >= 4 is 17.5 Å². The van der Waals surface area contributed by atoms with Crippen molar-refractivity contribution in [3.8, 4) is 23.1 Å². The summed E-state index contributed by atoms with van der Waals surface area (Å²) in [5, 5.41) is 9.05. The fourth-order valence-corrected chi connectivity index (χ4v) is 5.45. The Balaban J connectivity index is 1.22. The molecule has 0 bridgehead atoms. The molecule has 1 aliphatic heterocycles. The van der Waals surface area contributed by atoms with E-state index in [9.17, 15) is 0 Å². The lowest BCUT2D eigenvalue weighted by molar-refractivity contribution is 0.345. The zero-order valence-corrected chi connectivity index (χ0v) is 21.8. The second-order valence-corrected chi connectivity index (χ2v) is 10.3. The molecule has 2 aliphatic rings. The highest BCUT2D eigenvalue weighted by molar-refractivity contribution is 5.91. The molecule has 0 spiro atoms. The normalized spacial score (nSPS) is 16.1. The van der Waals surface area contributed by atoms with Crippen molar-refractivity contribution in [1.82, 2.24) is 24.9 Å². The average molecular weight is 504 g/mol. The lowest BCUT2D eigenvalue weighted by atomic mass is 9.79. The maximum atomic E-state index is 9.05. The molecule has 1 saturated heterocycles. The molecule has 1 fully saturated rings. The number of pyridine rings is 1. The van der Waals surface area contributed by atoms with E-state index in [1.54, 1.807) is 25.7 Å². The summed E-state index contributed by atoms with van der Waals surface area (Å²) in [4.78, 5) is 24.5. The Morgan fingerprint density at radius 3 is 2.66 bits per heavy atom. The summed E-state index contributed by atoms with van der Waals surface area (Å²) >= 11 is 0. The lowest BCUT2D eigenvalue weighted by Gasteiger charge is -2.39. The van der Waals surface area contributed by atoms with Crippen LogP contribution in [0.5, 0.6) is 5.75 Å². The van der Waals surface area contributed by atoms with Gasteiger partial charge in [-0.2, -0.15) is 5.26 Å². The maximum absolute atomic E-state index is 9.05. The van der Waals surface area contributed by atoms with Crippen LogP contribution < -0.4 is 9.64 Å². The van der Waals surface area contributed by atoms with Crippen LogP contribution in [0, 0.1) is 18.3 Å². The number of allylic oxidation sites excluding steroid dienone is 1. The van der Waals surface area contributed by atoms with Crippen LogP contribution in [0.4, 0.5) is 5.82 Å². The highest BCUT2D eigenvalue weighted by atomic mass is 16.5. The van der Waals surface area contributed by atoms with Crippen molar-refractivity contribution in [1.29, 1.82) is 5.26 Å². The number of H-pyrrole nitrogens is 1. The van der Waals surface area contributed by atoms with Gasteiger partial charge in [0, 0.05) is 47.9 Å². The molecule has 0 unspecified atom stereocenters. The summed E-state index contributed by atoms with van der Waals surface area (Å²) in [6.07, 6.45) is 8.28. The summed E-state index contributed by atoms with van der Waals surface area (Å²) < 4.78 is 5.41. The fraction of sp³-hybridized carbons (Fsp3) is 0.300. The topological polar surface area (TPSA) is 104 Å². The van der Waals surface area contributed by atoms with E-state index >= 15 is 0 Å². The number of aryl methyl sites for hydroxylation is 1. The number of hydrogen-bond donors (Lipinski definition) is 1. The third-order valence-electron chi connectivity index (χ3n) is 7.84. The van der Waals surface area contributed by atoms with Gasteiger partial charge in [0.05, 0.1) is 18.5 Å². The highest BCUT2D eigenvalue weighted by Gasteiger charge is 2.36. The summed E-state index contributed by atoms with van der Waals surface area (Å²) in [7, 11) is 1.69. The summed E-state index contributed by atoms with van der Waals surface area (Å²) in [6, 6.07) is 13.8. The molecular weight excluding hydrogens is 474 g/mol. The van der Waals surface area contributed by atoms with Gasteiger partial charge < -0.3 is 14.6 Å². The molecule has 0 atom stereocenters. The third kappa shape index (κ3) is 4.20. The number of hydrogen-bond acceptors (Lipinski definition) is 7. The molecule has 1 aromatic carbocycles. The first-order valence-electron chi connectivity index (χ1n) is 12.8. The number of nitriles is 1. The minimum absolute atomic E-state index is 0.0518. The van der Waals surface area contributed by atoms with Crippen molar-refractivity contribution in [2.75, 3.05) is 25.1 Å². The van der Waals surface area contributed by atoms with Gasteiger partial charge in [-0.25, -0.2) is 19.9 Å². The number of nitrogens with one attached hydrogen (secondary N) is 1. The van der Waals surface area contributed by atoms with Gasteiger partial charge in [-0.3, -0.25) is 0 Å². The fourth-order valence-electron chi connectivity index (χ4n) is 5.45. The van der Waals surface area contributed by atoms with Gasteiger partial charge in [0.15, 0.2) is 0 Å². The van der Waals surface area contributed by atoms with Crippen molar-refractivity contribution in [3.05, 3.63) is 83.0 Å². The van der Waals surface area contributed by atoms with E-state index in [-0.39, 0.29) is 5.41 Å². The number of fused-ring (bicyclic) bond motifs is 1. The standard InChI is InChI=1S/C30H29N7O/c1-19-27(20-5-4-6-24(13-20)38-3)36-29(35-19)30(2)9-11-37(12-10-30)28-25-14-22(15-26(25)33-18-34-28)21-7-8-23(16-31)32-17-21/h4-8,13-14,17-18H,9-12,15H2,1-3H3,(H,35,36). The monoisotopic (exact) mass is 503 g/mol. The van der Waals surface area contributed by atoms with E-state index in [0.29, 0.717) is 5.69 Å². The molecule has 38 heavy (non-hydrogen) atoms. The molecule has 190 valence electrons. The number of aromatic amines is 1. The van der Waals surface area contributed by atoms with E-state index in [1.807, 2.05) is 24.3 Å². The Labute approximate surface area is 222 Å². The zero-order chi connectivity index (χ0) is 26.3. The van der Waals surface area contributed by atoms with Gasteiger partial charge in [-0.1, -0.05) is 25.1 Å². The molecule has 8 nitrogen and oxygen atoms in total. The van der Waals surface area contributed by atoms with Gasteiger partial charge in [0.2, 0.25) is 0 Å². The molecule has 0 radical (unpaired) electrons. The van der Waals surface area contributed by atoms with Crippen LogP contribution in [0.1, 0.15) is 53.8 Å². The number of imidazole rings is 1. The average Bonchev–Trinajstić information content (AvgIpc) is 3.58. The zero-order valence-electron chi connectivity index (χ0n) is 21.8. The number of benzene rings is 1. The smallest absolute Gasteiger partial charge is 0.140 e. The van der Waals surface area contributed by atoms with Crippen LogP contribution in [-0.2, 0) is 11.8 Å². The number of piperidine rings is 1. The number of ether oxygens (including phenoxy) is 1. The van der Waals surface area contributed by atoms with Gasteiger partial charge in [0.25, 0.3) is 0 Å². The van der Waals surface area contributed by atoms with Crippen LogP contribution in [-0.4, -0.2) is 45.1 Å². The van der Waals surface area contributed by atoms with Crippen molar-refractivity contribution in [2.45, 2.75) is 38.5 Å². The largest absolute Gasteiger partial charge is 0.497 e. The van der Waals surface area contributed by atoms with Crippen molar-refractivity contribution in [2.24, 2.45) is 0 Å². The van der Waals surface area contributed by atoms with E-state index in [4.69, 9.17) is 20.0 Å². The first kappa shape index (κ1) is 23.9. The molecular formula is C30H29N7O. The van der Waals surface area contributed by atoms with Gasteiger partial charge in [0.1, 0.15) is 35.5 Å². The molecule has 3 aromatic heterocycles. The first-order valence-corrected chi connectivity index (χ1v) is 12.8. The van der Waals surface area contributed by atoms with E-state index in [0.717, 1.165) is 89.1 Å². The maximum Gasteiger partial charge on any atom is 0.140 e. The number of nitrogens with zero attached hydrogens (tertiary/aromatic N) is 6. The first-order chi connectivity index (χ1) is 18.5. The second kappa shape index (κ2) is 9.42. The summed E-state index contributed by atoms with van der Waals surface area (Å²) in [5.41, 5.74) is 7.76. The predicted octanol–water partition coefficient (Wildman–Crippen LogP) is 5.11. The number of methoxy groups -OCH3 is 1. The van der Waals surface area contributed by atoms with Crippen molar-refractivity contribution in [3.63, 3.8) is 0 Å². The molecule has 0 saturated carbocycles. The Bertz CT molecular complexity index is 1570. The van der Waals surface area contributed by atoms with Crippen LogP contribution in [0.25, 0.3) is 22.9 Å². The Morgan fingerprint density at radius 1 is 1.08 bits per heavy atom. The van der Waals surface area contributed by atoms with Crippen LogP contribution >= 0.6 is 0 Å². The van der Waals surface area contributed by atoms with Crippen LogP contribution in [0.3, 0.4) is 0 Å². The Hall–Kier alpha value is -4.51. The quantitative estimate of drug-likeness (QED) is 0.404. The van der Waals surface area contributed by atoms with Crippen molar-refractivity contribution < 1.29 is 4.74 Å². The number of anilines is 1. The summed E-state index contributed by atoms with van der Waals surface area (Å²) in [6.45, 7) is 6.16. The predicted molar refractivity (Wildman–Crippen MR) is 147 cm³/mol. The van der Waals surface area contributed by atoms with E-state index in [2.05, 4.69) is 51.9 Å². The minimum Gasteiger partial charge on any atom is -0.497 e. The van der Waals surface area contributed by atoms with Gasteiger partial charge in [-0.15, -0.1) is 0 Å².